The molecule has 1 heterocycles. The van der Waals surface area contributed by atoms with E-state index in [-0.39, 0.29) is 5.57 Å². The Morgan fingerprint density at radius 1 is 0.870 bits per heavy atom. The minimum Gasteiger partial charge on any atom is -0.394 e. The van der Waals surface area contributed by atoms with E-state index >= 15 is 0 Å². The Balaban J connectivity index is 2.17. The molecule has 0 saturated carbocycles. The Bertz CT molecular complexity index is 427. The van der Waals surface area contributed by atoms with Crippen LogP contribution in [0.2, 0.25) is 0 Å². The zero-order valence-corrected chi connectivity index (χ0v) is 12.1. The molecule has 8 N–H and O–H groups in total. The van der Waals surface area contributed by atoms with Crippen LogP contribution in [0, 0.1) is 0 Å². The second kappa shape index (κ2) is 7.49. The lowest BCUT2D eigenvalue weighted by Crippen LogP contribution is -2.61. The van der Waals surface area contributed by atoms with Gasteiger partial charge in [0.1, 0.15) is 48.8 Å². The monoisotopic (exact) mass is 338 g/mol. The molecule has 2 aliphatic rings. The SMILES string of the molecule is OCC1=C[C@H](O)[C@H](O)[C@@H](O)[C@@H]1O[C@@H]1O[C@H](CO)[C@@H](O)[C@H](O)[C@H]1O. The highest BCUT2D eigenvalue weighted by Crippen LogP contribution is 2.28. The lowest BCUT2D eigenvalue weighted by molar-refractivity contribution is -0.317. The Morgan fingerprint density at radius 3 is 2.09 bits per heavy atom. The Hall–Kier alpha value is -0.660. The Labute approximate surface area is 131 Å². The van der Waals surface area contributed by atoms with Gasteiger partial charge in [-0.15, -0.1) is 0 Å². The fourth-order valence-electron chi connectivity index (χ4n) is 2.65. The topological polar surface area (TPSA) is 180 Å². The predicted octanol–water partition coefficient (Wildman–Crippen LogP) is -4.81. The maximum Gasteiger partial charge on any atom is 0.187 e. The third kappa shape index (κ3) is 3.56. The summed E-state index contributed by atoms with van der Waals surface area (Å²) in [7, 11) is 0. The van der Waals surface area contributed by atoms with Gasteiger partial charge in [0.25, 0.3) is 0 Å². The minimum absolute atomic E-state index is 0.0484. The molecule has 1 aliphatic heterocycles. The van der Waals surface area contributed by atoms with E-state index in [1.165, 1.54) is 0 Å². The van der Waals surface area contributed by atoms with E-state index in [1.807, 2.05) is 0 Å². The van der Waals surface area contributed by atoms with Crippen molar-refractivity contribution in [3.8, 4) is 0 Å². The van der Waals surface area contributed by atoms with Crippen molar-refractivity contribution in [2.45, 2.75) is 55.1 Å². The molecular weight excluding hydrogens is 316 g/mol. The van der Waals surface area contributed by atoms with Gasteiger partial charge in [-0.1, -0.05) is 0 Å². The van der Waals surface area contributed by atoms with Gasteiger partial charge in [0.2, 0.25) is 0 Å². The van der Waals surface area contributed by atoms with Gasteiger partial charge < -0.3 is 50.3 Å². The summed E-state index contributed by atoms with van der Waals surface area (Å²) in [5.74, 6) is 0. The van der Waals surface area contributed by atoms with E-state index in [1.54, 1.807) is 0 Å². The molecule has 0 spiro atoms. The van der Waals surface area contributed by atoms with E-state index in [4.69, 9.17) is 14.6 Å². The van der Waals surface area contributed by atoms with Crippen LogP contribution in [0.5, 0.6) is 0 Å². The summed E-state index contributed by atoms with van der Waals surface area (Å²) in [6, 6.07) is 0. The molecule has 134 valence electrons. The second-order valence-corrected chi connectivity index (χ2v) is 5.63. The molecule has 9 atom stereocenters. The maximum absolute atomic E-state index is 9.98. The number of hydrogen-bond donors (Lipinski definition) is 8. The largest absolute Gasteiger partial charge is 0.394 e. The molecule has 2 rings (SSSR count). The third-order valence-corrected chi connectivity index (χ3v) is 4.07. The Morgan fingerprint density at radius 2 is 1.52 bits per heavy atom. The summed E-state index contributed by atoms with van der Waals surface area (Å²) in [6.45, 7) is -1.25. The summed E-state index contributed by atoms with van der Waals surface area (Å²) >= 11 is 0. The molecule has 0 radical (unpaired) electrons. The highest BCUT2D eigenvalue weighted by atomic mass is 16.7. The number of aliphatic hydroxyl groups excluding tert-OH is 8. The van der Waals surface area contributed by atoms with Crippen molar-refractivity contribution in [2.24, 2.45) is 0 Å². The molecule has 0 aromatic carbocycles. The molecule has 1 aliphatic carbocycles. The average Bonchev–Trinajstić information content (AvgIpc) is 2.55. The van der Waals surface area contributed by atoms with Crippen molar-refractivity contribution in [1.82, 2.24) is 0 Å². The van der Waals surface area contributed by atoms with E-state index in [9.17, 15) is 35.7 Å². The highest BCUT2D eigenvalue weighted by molar-refractivity contribution is 5.20. The zero-order valence-electron chi connectivity index (χ0n) is 12.1. The van der Waals surface area contributed by atoms with Crippen LogP contribution < -0.4 is 0 Å². The molecule has 23 heavy (non-hydrogen) atoms. The number of hydrogen-bond acceptors (Lipinski definition) is 10. The van der Waals surface area contributed by atoms with Gasteiger partial charge in [-0.2, -0.15) is 0 Å². The molecule has 0 aromatic rings. The first-order valence-electron chi connectivity index (χ1n) is 7.13. The normalized spacial score (nSPS) is 48.2. The molecule has 10 nitrogen and oxygen atoms in total. The molecule has 0 unspecified atom stereocenters. The van der Waals surface area contributed by atoms with E-state index < -0.39 is 68.3 Å². The number of ether oxygens (including phenoxy) is 2. The third-order valence-electron chi connectivity index (χ3n) is 4.07. The molecule has 1 saturated heterocycles. The van der Waals surface area contributed by atoms with Gasteiger partial charge in [-0.3, -0.25) is 0 Å². The van der Waals surface area contributed by atoms with Crippen molar-refractivity contribution < 1.29 is 50.3 Å². The van der Waals surface area contributed by atoms with Crippen molar-refractivity contribution in [1.29, 1.82) is 0 Å². The van der Waals surface area contributed by atoms with Gasteiger partial charge in [0.15, 0.2) is 6.29 Å². The molecule has 0 bridgehead atoms. The number of aliphatic hydroxyl groups is 8. The van der Waals surface area contributed by atoms with Crippen molar-refractivity contribution >= 4 is 0 Å². The zero-order chi connectivity index (χ0) is 17.3. The van der Waals surface area contributed by atoms with Gasteiger partial charge >= 0.3 is 0 Å². The van der Waals surface area contributed by atoms with E-state index in [2.05, 4.69) is 0 Å². The summed E-state index contributed by atoms with van der Waals surface area (Å²) in [5, 5.41) is 76.9. The maximum atomic E-state index is 9.98. The summed E-state index contributed by atoms with van der Waals surface area (Å²) in [5.41, 5.74) is 0.0484. The molecule has 10 heteroatoms. The fourth-order valence-corrected chi connectivity index (χ4v) is 2.65. The van der Waals surface area contributed by atoms with Crippen LogP contribution in [-0.2, 0) is 9.47 Å². The first kappa shape index (κ1) is 18.7. The molecule has 0 amide bonds. The van der Waals surface area contributed by atoms with Crippen LogP contribution >= 0.6 is 0 Å². The molecule has 1 fully saturated rings. The van der Waals surface area contributed by atoms with Crippen LogP contribution in [0.4, 0.5) is 0 Å². The molecular formula is C13H22O10. The smallest absolute Gasteiger partial charge is 0.187 e. The van der Waals surface area contributed by atoms with Crippen molar-refractivity contribution in [2.75, 3.05) is 13.2 Å². The average molecular weight is 338 g/mol. The van der Waals surface area contributed by atoms with Crippen molar-refractivity contribution in [3.63, 3.8) is 0 Å². The summed E-state index contributed by atoms with van der Waals surface area (Å²) < 4.78 is 10.5. The summed E-state index contributed by atoms with van der Waals surface area (Å²) in [6.07, 6.45) is -12.5. The van der Waals surface area contributed by atoms with Crippen molar-refractivity contribution in [3.05, 3.63) is 11.6 Å². The van der Waals surface area contributed by atoms with Gasteiger partial charge in [0, 0.05) is 0 Å². The lowest BCUT2D eigenvalue weighted by atomic mass is 9.89. The van der Waals surface area contributed by atoms with Crippen LogP contribution in [0.1, 0.15) is 0 Å². The Kier molecular flexibility index (Phi) is 6.08. The summed E-state index contributed by atoms with van der Waals surface area (Å²) in [4.78, 5) is 0. The molecule has 0 aromatic heterocycles. The van der Waals surface area contributed by atoms with Gasteiger partial charge in [0.05, 0.1) is 13.2 Å². The minimum atomic E-state index is -1.69. The standard InChI is InChI=1S/C13H22O10/c14-2-4-1-5(16)7(17)10(20)12(4)23-13-11(21)9(19)8(18)6(3-15)22-13/h1,5-21H,2-3H2/t5-,6+,7-,8+,9-,10+,11+,12+,13-/m0/s1. The van der Waals surface area contributed by atoms with Crippen LogP contribution in [0.25, 0.3) is 0 Å². The first-order valence-corrected chi connectivity index (χ1v) is 7.13. The number of rotatable bonds is 4. The van der Waals surface area contributed by atoms with E-state index in [0.29, 0.717) is 0 Å². The van der Waals surface area contributed by atoms with Crippen LogP contribution in [0.3, 0.4) is 0 Å². The first-order chi connectivity index (χ1) is 10.8. The predicted molar refractivity (Wildman–Crippen MR) is 71.8 cm³/mol. The lowest BCUT2D eigenvalue weighted by Gasteiger charge is -2.43. The second-order valence-electron chi connectivity index (χ2n) is 5.63. The van der Waals surface area contributed by atoms with Crippen LogP contribution in [-0.4, -0.2) is 109 Å². The van der Waals surface area contributed by atoms with Gasteiger partial charge in [-0.05, 0) is 11.6 Å². The van der Waals surface area contributed by atoms with Gasteiger partial charge in [-0.25, -0.2) is 0 Å². The van der Waals surface area contributed by atoms with E-state index in [0.717, 1.165) is 6.08 Å². The highest BCUT2D eigenvalue weighted by Gasteiger charge is 2.47. The van der Waals surface area contributed by atoms with Crippen LogP contribution in [0.15, 0.2) is 11.6 Å². The quantitative estimate of drug-likeness (QED) is 0.232. The fraction of sp³-hybridized carbons (Fsp3) is 0.846.